The molecule has 0 saturated heterocycles. The fourth-order valence-electron chi connectivity index (χ4n) is 1.95. The molecular formula is C16H17BrN2O. The molecule has 2 unspecified atom stereocenters. The van der Waals surface area contributed by atoms with Crippen LogP contribution in [0.3, 0.4) is 0 Å². The molecular weight excluding hydrogens is 316 g/mol. The topological polar surface area (TPSA) is 55.1 Å². The Bertz CT molecular complexity index is 569. The Hall–Kier alpha value is -1.65. The van der Waals surface area contributed by atoms with Gasteiger partial charge >= 0.3 is 0 Å². The smallest absolute Gasteiger partial charge is 0.241 e. The maximum Gasteiger partial charge on any atom is 0.241 e. The molecule has 2 aromatic carbocycles. The molecule has 0 bridgehead atoms. The maximum absolute atomic E-state index is 12.1. The van der Waals surface area contributed by atoms with Gasteiger partial charge in [0.25, 0.3) is 0 Å². The van der Waals surface area contributed by atoms with Crippen molar-refractivity contribution in [1.29, 1.82) is 0 Å². The van der Waals surface area contributed by atoms with Crippen LogP contribution in [0.1, 0.15) is 30.1 Å². The number of carbonyl (C=O) groups excluding carboxylic acids is 1. The molecule has 104 valence electrons. The number of nitrogens with two attached hydrogens (primary N) is 1. The van der Waals surface area contributed by atoms with Gasteiger partial charge in [0.2, 0.25) is 5.91 Å². The number of carbonyl (C=O) groups is 1. The summed E-state index contributed by atoms with van der Waals surface area (Å²) in [5, 5.41) is 2.93. The minimum atomic E-state index is -0.644. The Kier molecular flexibility index (Phi) is 4.93. The number of amides is 1. The standard InChI is InChI=1S/C16H17BrN2O/c1-11(12-7-9-14(17)10-8-12)19-16(20)15(18)13-5-3-2-4-6-13/h2-11,15H,18H2,1H3,(H,19,20). The van der Waals surface area contributed by atoms with Crippen molar-refractivity contribution in [1.82, 2.24) is 5.32 Å². The van der Waals surface area contributed by atoms with Crippen molar-refractivity contribution in [3.63, 3.8) is 0 Å². The molecule has 0 saturated carbocycles. The van der Waals surface area contributed by atoms with Gasteiger partial charge in [-0.05, 0) is 30.2 Å². The normalized spacial score (nSPS) is 13.6. The molecule has 20 heavy (non-hydrogen) atoms. The average molecular weight is 333 g/mol. The zero-order valence-corrected chi connectivity index (χ0v) is 12.8. The highest BCUT2D eigenvalue weighted by Crippen LogP contribution is 2.18. The molecule has 3 N–H and O–H groups in total. The van der Waals surface area contributed by atoms with Crippen LogP contribution in [0.4, 0.5) is 0 Å². The highest BCUT2D eigenvalue weighted by atomic mass is 79.9. The van der Waals surface area contributed by atoms with Crippen molar-refractivity contribution in [2.24, 2.45) is 5.73 Å². The Morgan fingerprint density at radius 2 is 1.65 bits per heavy atom. The van der Waals surface area contributed by atoms with Gasteiger partial charge < -0.3 is 11.1 Å². The minimum Gasteiger partial charge on any atom is -0.348 e. The lowest BCUT2D eigenvalue weighted by molar-refractivity contribution is -0.123. The van der Waals surface area contributed by atoms with E-state index in [0.717, 1.165) is 15.6 Å². The second-order valence-corrected chi connectivity index (χ2v) is 5.59. The van der Waals surface area contributed by atoms with Crippen LogP contribution in [-0.2, 0) is 4.79 Å². The van der Waals surface area contributed by atoms with E-state index < -0.39 is 6.04 Å². The quantitative estimate of drug-likeness (QED) is 0.902. The number of nitrogens with one attached hydrogen (secondary N) is 1. The molecule has 0 spiro atoms. The monoisotopic (exact) mass is 332 g/mol. The average Bonchev–Trinajstić information content (AvgIpc) is 2.48. The fourth-order valence-corrected chi connectivity index (χ4v) is 2.21. The van der Waals surface area contributed by atoms with Crippen LogP contribution in [0.25, 0.3) is 0 Å². The van der Waals surface area contributed by atoms with E-state index in [9.17, 15) is 4.79 Å². The first-order valence-corrected chi connectivity index (χ1v) is 7.23. The van der Waals surface area contributed by atoms with Crippen LogP contribution in [-0.4, -0.2) is 5.91 Å². The van der Waals surface area contributed by atoms with E-state index in [1.807, 2.05) is 61.5 Å². The Morgan fingerprint density at radius 1 is 1.05 bits per heavy atom. The van der Waals surface area contributed by atoms with E-state index in [-0.39, 0.29) is 11.9 Å². The first-order chi connectivity index (χ1) is 9.58. The van der Waals surface area contributed by atoms with Crippen molar-refractivity contribution in [2.75, 3.05) is 0 Å². The SMILES string of the molecule is CC(NC(=O)C(N)c1ccccc1)c1ccc(Br)cc1. The molecule has 2 atom stereocenters. The predicted molar refractivity (Wildman–Crippen MR) is 84.1 cm³/mol. The molecule has 0 aliphatic heterocycles. The van der Waals surface area contributed by atoms with Gasteiger partial charge in [-0.1, -0.05) is 58.4 Å². The van der Waals surface area contributed by atoms with Gasteiger partial charge in [0.15, 0.2) is 0 Å². The summed E-state index contributed by atoms with van der Waals surface area (Å²) >= 11 is 3.39. The van der Waals surface area contributed by atoms with E-state index in [4.69, 9.17) is 5.73 Å². The second-order valence-electron chi connectivity index (χ2n) is 4.67. The van der Waals surface area contributed by atoms with Crippen molar-refractivity contribution < 1.29 is 4.79 Å². The summed E-state index contributed by atoms with van der Waals surface area (Å²) in [5.74, 6) is -0.174. The van der Waals surface area contributed by atoms with Gasteiger partial charge in [0.05, 0.1) is 6.04 Å². The molecule has 2 rings (SSSR count). The van der Waals surface area contributed by atoms with Crippen LogP contribution in [0, 0.1) is 0 Å². The number of halogens is 1. The number of hydrogen-bond acceptors (Lipinski definition) is 2. The summed E-state index contributed by atoms with van der Waals surface area (Å²) in [4.78, 5) is 12.1. The summed E-state index contributed by atoms with van der Waals surface area (Å²) in [7, 11) is 0. The van der Waals surface area contributed by atoms with Gasteiger partial charge in [-0.25, -0.2) is 0 Å². The van der Waals surface area contributed by atoms with E-state index in [1.54, 1.807) is 0 Å². The largest absolute Gasteiger partial charge is 0.348 e. The molecule has 0 heterocycles. The lowest BCUT2D eigenvalue weighted by Gasteiger charge is -2.18. The summed E-state index contributed by atoms with van der Waals surface area (Å²) in [5.41, 5.74) is 7.83. The van der Waals surface area contributed by atoms with Gasteiger partial charge in [0, 0.05) is 4.47 Å². The molecule has 0 aliphatic rings. The van der Waals surface area contributed by atoms with Crippen LogP contribution in [0.2, 0.25) is 0 Å². The molecule has 0 aromatic heterocycles. The zero-order chi connectivity index (χ0) is 14.5. The van der Waals surface area contributed by atoms with E-state index in [0.29, 0.717) is 0 Å². The Morgan fingerprint density at radius 3 is 2.25 bits per heavy atom. The van der Waals surface area contributed by atoms with E-state index in [1.165, 1.54) is 0 Å². The van der Waals surface area contributed by atoms with Crippen molar-refractivity contribution in [2.45, 2.75) is 19.0 Å². The third kappa shape index (κ3) is 3.68. The van der Waals surface area contributed by atoms with Crippen molar-refractivity contribution >= 4 is 21.8 Å². The zero-order valence-electron chi connectivity index (χ0n) is 11.2. The second kappa shape index (κ2) is 6.68. The molecule has 0 aliphatic carbocycles. The first-order valence-electron chi connectivity index (χ1n) is 6.44. The predicted octanol–water partition coefficient (Wildman–Crippen LogP) is 3.33. The molecule has 0 radical (unpaired) electrons. The first kappa shape index (κ1) is 14.8. The van der Waals surface area contributed by atoms with Gasteiger partial charge in [0.1, 0.15) is 6.04 Å². The maximum atomic E-state index is 12.1. The van der Waals surface area contributed by atoms with E-state index >= 15 is 0 Å². The highest BCUT2D eigenvalue weighted by Gasteiger charge is 2.17. The van der Waals surface area contributed by atoms with Crippen molar-refractivity contribution in [3.8, 4) is 0 Å². The van der Waals surface area contributed by atoms with Crippen molar-refractivity contribution in [3.05, 3.63) is 70.2 Å². The minimum absolute atomic E-state index is 0.0784. The highest BCUT2D eigenvalue weighted by molar-refractivity contribution is 9.10. The van der Waals surface area contributed by atoms with Gasteiger partial charge in [-0.3, -0.25) is 4.79 Å². The number of hydrogen-bond donors (Lipinski definition) is 2. The third-order valence-corrected chi connectivity index (χ3v) is 3.70. The van der Waals surface area contributed by atoms with E-state index in [2.05, 4.69) is 21.2 Å². The lowest BCUT2D eigenvalue weighted by atomic mass is 10.1. The van der Waals surface area contributed by atoms with Gasteiger partial charge in [-0.2, -0.15) is 0 Å². The van der Waals surface area contributed by atoms with Crippen LogP contribution in [0.5, 0.6) is 0 Å². The molecule has 1 amide bonds. The molecule has 3 nitrogen and oxygen atoms in total. The van der Waals surface area contributed by atoms with Crippen LogP contribution in [0.15, 0.2) is 59.1 Å². The number of rotatable bonds is 4. The molecule has 0 fully saturated rings. The summed E-state index contributed by atoms with van der Waals surface area (Å²) < 4.78 is 1.01. The Labute approximate surface area is 127 Å². The summed E-state index contributed by atoms with van der Waals surface area (Å²) in [6.45, 7) is 1.94. The lowest BCUT2D eigenvalue weighted by Crippen LogP contribution is -2.35. The summed E-state index contributed by atoms with van der Waals surface area (Å²) in [6, 6.07) is 16.5. The van der Waals surface area contributed by atoms with Gasteiger partial charge in [-0.15, -0.1) is 0 Å². The van der Waals surface area contributed by atoms with Crippen LogP contribution >= 0.6 is 15.9 Å². The third-order valence-electron chi connectivity index (χ3n) is 3.17. The fraction of sp³-hybridized carbons (Fsp3) is 0.188. The Balaban J connectivity index is 2.02. The van der Waals surface area contributed by atoms with Crippen LogP contribution < -0.4 is 11.1 Å². The summed E-state index contributed by atoms with van der Waals surface area (Å²) in [6.07, 6.45) is 0. The molecule has 2 aromatic rings. The molecule has 4 heteroatoms. The number of benzene rings is 2.